The largest absolute Gasteiger partial charge is 0.487 e. The van der Waals surface area contributed by atoms with E-state index in [1.807, 2.05) is 6.92 Å². The van der Waals surface area contributed by atoms with Crippen LogP contribution in [-0.4, -0.2) is 44.1 Å². The minimum absolute atomic E-state index is 0.111. The highest BCUT2D eigenvalue weighted by Gasteiger charge is 2.29. The van der Waals surface area contributed by atoms with E-state index in [0.29, 0.717) is 18.0 Å². The number of aliphatic carboxylic acids is 1. The van der Waals surface area contributed by atoms with Gasteiger partial charge < -0.3 is 14.7 Å². The van der Waals surface area contributed by atoms with Crippen molar-refractivity contribution in [3.05, 3.63) is 18.2 Å². The first-order chi connectivity index (χ1) is 11.2. The predicted octanol–water partition coefficient (Wildman–Crippen LogP) is 0.962. The van der Waals surface area contributed by atoms with Crippen LogP contribution in [0.3, 0.4) is 0 Å². The van der Waals surface area contributed by atoms with E-state index >= 15 is 0 Å². The number of ether oxygens (including phenoxy) is 1. The van der Waals surface area contributed by atoms with Crippen LogP contribution in [0.4, 0.5) is 5.69 Å². The van der Waals surface area contributed by atoms with E-state index < -0.39 is 22.0 Å². The van der Waals surface area contributed by atoms with Crippen molar-refractivity contribution in [1.82, 2.24) is 4.72 Å². The normalized spacial score (nSPS) is 18.5. The van der Waals surface area contributed by atoms with Crippen molar-refractivity contribution in [2.45, 2.75) is 44.2 Å². The topological polar surface area (TPSA) is 113 Å². The van der Waals surface area contributed by atoms with Gasteiger partial charge >= 0.3 is 5.97 Å². The van der Waals surface area contributed by atoms with Crippen molar-refractivity contribution in [3.8, 4) is 5.75 Å². The van der Waals surface area contributed by atoms with E-state index in [9.17, 15) is 18.0 Å². The number of rotatable bonds is 5. The highest BCUT2D eigenvalue weighted by Crippen LogP contribution is 2.35. The fourth-order valence-corrected chi connectivity index (χ4v) is 3.74. The Bertz CT molecular complexity index is 761. The molecular formula is C15H20N2O6S. The van der Waals surface area contributed by atoms with E-state index in [4.69, 9.17) is 9.84 Å². The van der Waals surface area contributed by atoms with Crippen LogP contribution >= 0.6 is 0 Å². The molecule has 2 N–H and O–H groups in total. The maximum Gasteiger partial charge on any atom is 0.321 e. The van der Waals surface area contributed by atoms with Gasteiger partial charge in [0.2, 0.25) is 15.9 Å². The number of sulfonamides is 1. The third-order valence-electron chi connectivity index (χ3n) is 3.68. The van der Waals surface area contributed by atoms with Gasteiger partial charge in [-0.1, -0.05) is 6.92 Å². The monoisotopic (exact) mass is 356 g/mol. The van der Waals surface area contributed by atoms with E-state index in [2.05, 4.69) is 4.72 Å². The molecule has 0 bridgehead atoms. The summed E-state index contributed by atoms with van der Waals surface area (Å²) >= 11 is 0. The molecule has 0 spiro atoms. The van der Waals surface area contributed by atoms with Crippen LogP contribution in [0.15, 0.2) is 23.1 Å². The summed E-state index contributed by atoms with van der Waals surface area (Å²) in [6.45, 7) is 5.08. The van der Waals surface area contributed by atoms with E-state index in [1.165, 1.54) is 30.0 Å². The molecule has 1 heterocycles. The number of fused-ring (bicyclic) bond motifs is 1. The molecule has 0 saturated carbocycles. The second kappa shape index (κ2) is 6.78. The lowest BCUT2D eigenvalue weighted by Crippen LogP contribution is -2.42. The van der Waals surface area contributed by atoms with Crippen molar-refractivity contribution in [2.24, 2.45) is 0 Å². The maximum atomic E-state index is 12.4. The zero-order chi connectivity index (χ0) is 18.1. The Balaban J connectivity index is 2.41. The predicted molar refractivity (Wildman–Crippen MR) is 86.6 cm³/mol. The molecule has 2 atom stereocenters. The lowest BCUT2D eigenvalue weighted by atomic mass is 10.2. The number of anilines is 1. The smallest absolute Gasteiger partial charge is 0.321 e. The van der Waals surface area contributed by atoms with Crippen molar-refractivity contribution in [3.63, 3.8) is 0 Å². The summed E-state index contributed by atoms with van der Waals surface area (Å²) in [6.07, 6.45) is -0.0989. The third kappa shape index (κ3) is 3.68. The SMILES string of the molecule is CCC(NS(=O)(=O)c1ccc2c(c1)N(C(C)=O)CC(C)O2)C(=O)O. The molecule has 0 aliphatic carbocycles. The number of nitrogens with one attached hydrogen (secondary N) is 1. The van der Waals surface area contributed by atoms with Gasteiger partial charge in [-0.2, -0.15) is 4.72 Å². The van der Waals surface area contributed by atoms with Gasteiger partial charge in [0.05, 0.1) is 17.1 Å². The number of hydrogen-bond donors (Lipinski definition) is 2. The average molecular weight is 356 g/mol. The number of carboxylic acids is 1. The zero-order valence-electron chi connectivity index (χ0n) is 13.6. The van der Waals surface area contributed by atoms with E-state index in [0.717, 1.165) is 0 Å². The molecule has 0 aromatic heterocycles. The fraction of sp³-hybridized carbons (Fsp3) is 0.467. The number of carboxylic acid groups (broad SMARTS) is 1. The molecule has 1 amide bonds. The van der Waals surface area contributed by atoms with Crippen LogP contribution in [0.2, 0.25) is 0 Å². The number of hydrogen-bond acceptors (Lipinski definition) is 5. The van der Waals surface area contributed by atoms with Gasteiger partial charge in [0.1, 0.15) is 17.9 Å². The molecule has 1 aromatic rings. The fourth-order valence-electron chi connectivity index (χ4n) is 2.45. The molecule has 132 valence electrons. The Labute approximate surface area is 140 Å². The van der Waals surface area contributed by atoms with Crippen LogP contribution in [0, 0.1) is 0 Å². The number of amides is 1. The van der Waals surface area contributed by atoms with E-state index in [-0.39, 0.29) is 23.3 Å². The Morgan fingerprint density at radius 3 is 2.67 bits per heavy atom. The van der Waals surface area contributed by atoms with Gasteiger partial charge in [-0.25, -0.2) is 8.42 Å². The highest BCUT2D eigenvalue weighted by molar-refractivity contribution is 7.89. The molecule has 24 heavy (non-hydrogen) atoms. The summed E-state index contributed by atoms with van der Waals surface area (Å²) < 4.78 is 32.6. The first kappa shape index (κ1) is 18.2. The van der Waals surface area contributed by atoms with Gasteiger partial charge in [0, 0.05) is 6.92 Å². The van der Waals surface area contributed by atoms with Gasteiger partial charge in [0.25, 0.3) is 0 Å². The maximum absolute atomic E-state index is 12.4. The quantitative estimate of drug-likeness (QED) is 0.812. The van der Waals surface area contributed by atoms with E-state index in [1.54, 1.807) is 6.92 Å². The molecule has 2 rings (SSSR count). The molecule has 8 nitrogen and oxygen atoms in total. The molecule has 0 radical (unpaired) electrons. The summed E-state index contributed by atoms with van der Waals surface area (Å²) in [5.41, 5.74) is 0.354. The molecule has 1 aliphatic heterocycles. The van der Waals surface area contributed by atoms with Crippen LogP contribution in [0.1, 0.15) is 27.2 Å². The van der Waals surface area contributed by atoms with Crippen LogP contribution in [0.25, 0.3) is 0 Å². The molecular weight excluding hydrogens is 336 g/mol. The Morgan fingerprint density at radius 1 is 1.46 bits per heavy atom. The van der Waals surface area contributed by atoms with Gasteiger partial charge in [-0.15, -0.1) is 0 Å². The van der Waals surface area contributed by atoms with Crippen molar-refractivity contribution in [1.29, 1.82) is 0 Å². The Morgan fingerprint density at radius 2 is 2.12 bits per heavy atom. The minimum Gasteiger partial charge on any atom is -0.487 e. The summed E-state index contributed by atoms with van der Waals surface area (Å²) in [6, 6.07) is 2.90. The molecule has 1 aliphatic rings. The highest BCUT2D eigenvalue weighted by atomic mass is 32.2. The summed E-state index contributed by atoms with van der Waals surface area (Å²) in [4.78, 5) is 24.2. The Hall–Kier alpha value is -2.13. The van der Waals surface area contributed by atoms with Gasteiger partial charge in [0.15, 0.2) is 0 Å². The van der Waals surface area contributed by atoms with Gasteiger partial charge in [-0.05, 0) is 31.5 Å². The number of carbonyl (C=O) groups is 2. The van der Waals surface area contributed by atoms with Gasteiger partial charge in [-0.3, -0.25) is 9.59 Å². The zero-order valence-corrected chi connectivity index (χ0v) is 14.5. The molecule has 1 aromatic carbocycles. The molecule has 0 fully saturated rings. The summed E-state index contributed by atoms with van der Waals surface area (Å²) in [5.74, 6) is -1.07. The molecule has 9 heteroatoms. The first-order valence-electron chi connectivity index (χ1n) is 7.49. The van der Waals surface area contributed by atoms with Crippen LogP contribution in [0.5, 0.6) is 5.75 Å². The number of nitrogens with zero attached hydrogens (tertiary/aromatic N) is 1. The lowest BCUT2D eigenvalue weighted by Gasteiger charge is -2.33. The lowest BCUT2D eigenvalue weighted by molar-refractivity contribution is -0.139. The van der Waals surface area contributed by atoms with Crippen molar-refractivity contribution >= 4 is 27.6 Å². The standard InChI is InChI=1S/C15H20N2O6S/c1-4-12(15(19)20)16-24(21,22)11-5-6-14-13(7-11)17(10(3)18)8-9(2)23-14/h5-7,9,12,16H,4,8H2,1-3H3,(H,19,20). The van der Waals surface area contributed by atoms with Crippen molar-refractivity contribution in [2.75, 3.05) is 11.4 Å². The first-order valence-corrected chi connectivity index (χ1v) is 8.98. The summed E-state index contributed by atoms with van der Waals surface area (Å²) in [7, 11) is -4.04. The Kier molecular flexibility index (Phi) is 5.14. The molecule has 0 saturated heterocycles. The average Bonchev–Trinajstić information content (AvgIpc) is 2.50. The summed E-state index contributed by atoms with van der Waals surface area (Å²) in [5, 5.41) is 9.02. The second-order valence-corrected chi connectivity index (χ2v) is 7.32. The minimum atomic E-state index is -4.04. The number of carbonyl (C=O) groups excluding carboxylic acids is 1. The molecule has 2 unspecified atom stereocenters. The van der Waals surface area contributed by atoms with Crippen molar-refractivity contribution < 1.29 is 27.9 Å². The third-order valence-corrected chi connectivity index (χ3v) is 5.15. The van der Waals surface area contributed by atoms with Crippen LogP contribution in [-0.2, 0) is 19.6 Å². The second-order valence-electron chi connectivity index (χ2n) is 5.61. The number of benzene rings is 1. The van der Waals surface area contributed by atoms with Crippen LogP contribution < -0.4 is 14.4 Å².